The van der Waals surface area contributed by atoms with E-state index in [0.29, 0.717) is 5.02 Å². The number of rotatable bonds is 3. The van der Waals surface area contributed by atoms with Crippen LogP contribution >= 0.6 is 11.6 Å². The van der Waals surface area contributed by atoms with Gasteiger partial charge in [-0.3, -0.25) is 4.98 Å². The van der Waals surface area contributed by atoms with Gasteiger partial charge < -0.3 is 5.32 Å². The number of nitrogens with one attached hydrogen (secondary N) is 1. The first-order chi connectivity index (χ1) is 8.29. The highest BCUT2D eigenvalue weighted by molar-refractivity contribution is 6.30. The van der Waals surface area contributed by atoms with Crippen LogP contribution in [0.4, 0.5) is 5.69 Å². The van der Waals surface area contributed by atoms with Gasteiger partial charge in [0.2, 0.25) is 0 Å². The number of anilines is 1. The van der Waals surface area contributed by atoms with Gasteiger partial charge in [0.05, 0.1) is 11.8 Å². The molecule has 0 radical (unpaired) electrons. The Hall–Kier alpha value is -2.05. The minimum Gasteiger partial charge on any atom is -0.365 e. The third kappa shape index (κ3) is 2.96. The molecule has 1 aromatic carbocycles. The van der Waals surface area contributed by atoms with E-state index < -0.39 is 6.04 Å². The molecule has 1 heterocycles. The number of benzene rings is 1. The van der Waals surface area contributed by atoms with E-state index in [0.717, 1.165) is 11.3 Å². The van der Waals surface area contributed by atoms with Gasteiger partial charge >= 0.3 is 0 Å². The molecule has 0 aliphatic carbocycles. The second-order valence-electron chi connectivity index (χ2n) is 3.50. The lowest BCUT2D eigenvalue weighted by molar-refractivity contribution is 0.994. The molecule has 17 heavy (non-hydrogen) atoms. The normalized spacial score (nSPS) is 11.5. The van der Waals surface area contributed by atoms with Crippen molar-refractivity contribution in [1.82, 2.24) is 4.98 Å². The third-order valence-corrected chi connectivity index (χ3v) is 2.56. The number of pyridine rings is 1. The topological polar surface area (TPSA) is 48.7 Å². The van der Waals surface area contributed by atoms with E-state index in [4.69, 9.17) is 16.9 Å². The summed E-state index contributed by atoms with van der Waals surface area (Å²) in [6.45, 7) is 0. The summed E-state index contributed by atoms with van der Waals surface area (Å²) in [5, 5.41) is 12.9. The number of aromatic nitrogens is 1. The quantitative estimate of drug-likeness (QED) is 0.899. The molecule has 1 N–H and O–H groups in total. The van der Waals surface area contributed by atoms with Gasteiger partial charge in [-0.05, 0) is 29.8 Å². The highest BCUT2D eigenvalue weighted by atomic mass is 35.5. The fourth-order valence-corrected chi connectivity index (χ4v) is 1.59. The minimum atomic E-state index is -0.406. The van der Waals surface area contributed by atoms with Crippen molar-refractivity contribution in [1.29, 1.82) is 5.26 Å². The first-order valence-corrected chi connectivity index (χ1v) is 5.49. The van der Waals surface area contributed by atoms with Crippen molar-refractivity contribution in [3.63, 3.8) is 0 Å². The maximum absolute atomic E-state index is 9.14. The van der Waals surface area contributed by atoms with Gasteiger partial charge in [0.25, 0.3) is 0 Å². The van der Waals surface area contributed by atoms with Gasteiger partial charge in [-0.15, -0.1) is 0 Å². The van der Waals surface area contributed by atoms with Crippen LogP contribution in [0.3, 0.4) is 0 Å². The maximum Gasteiger partial charge on any atom is 0.140 e. The number of halogens is 1. The lowest BCUT2D eigenvalue weighted by Gasteiger charge is -2.12. The van der Waals surface area contributed by atoms with E-state index in [-0.39, 0.29) is 0 Å². The van der Waals surface area contributed by atoms with Crippen LogP contribution in [0.15, 0.2) is 48.8 Å². The highest BCUT2D eigenvalue weighted by Crippen LogP contribution is 2.20. The predicted molar refractivity (Wildman–Crippen MR) is 67.7 cm³/mol. The van der Waals surface area contributed by atoms with Crippen molar-refractivity contribution in [3.8, 4) is 6.07 Å². The number of nitriles is 1. The van der Waals surface area contributed by atoms with Crippen molar-refractivity contribution in [3.05, 3.63) is 59.4 Å². The lowest BCUT2D eigenvalue weighted by atomic mass is 10.1. The molecule has 84 valence electrons. The molecule has 0 aliphatic rings. The predicted octanol–water partition coefficient (Wildman–Crippen LogP) is 3.41. The zero-order chi connectivity index (χ0) is 12.1. The smallest absolute Gasteiger partial charge is 0.140 e. The van der Waals surface area contributed by atoms with Crippen LogP contribution in [-0.2, 0) is 0 Å². The Morgan fingerprint density at radius 2 is 2.00 bits per heavy atom. The highest BCUT2D eigenvalue weighted by Gasteiger charge is 2.09. The summed E-state index contributed by atoms with van der Waals surface area (Å²) in [4.78, 5) is 3.99. The van der Waals surface area contributed by atoms with Crippen molar-refractivity contribution in [2.75, 3.05) is 5.32 Å². The molecule has 0 amide bonds. The van der Waals surface area contributed by atoms with E-state index >= 15 is 0 Å². The number of hydrogen-bond donors (Lipinski definition) is 1. The van der Waals surface area contributed by atoms with E-state index in [1.807, 2.05) is 24.3 Å². The van der Waals surface area contributed by atoms with E-state index in [1.165, 1.54) is 0 Å². The van der Waals surface area contributed by atoms with Crippen LogP contribution in [0.2, 0.25) is 5.02 Å². The summed E-state index contributed by atoms with van der Waals surface area (Å²) >= 11 is 5.81. The van der Waals surface area contributed by atoms with Gasteiger partial charge in [0.15, 0.2) is 0 Å². The summed E-state index contributed by atoms with van der Waals surface area (Å²) in [6, 6.07) is 12.7. The summed E-state index contributed by atoms with van der Waals surface area (Å²) in [7, 11) is 0. The van der Waals surface area contributed by atoms with Crippen LogP contribution in [-0.4, -0.2) is 4.98 Å². The standard InChI is InChI=1S/C13H10ClN3/c14-11-5-3-10(4-6-11)13(8-15)17-12-2-1-7-16-9-12/h1-7,9,13,17H. The Bertz CT molecular complexity index is 517. The molecule has 0 saturated heterocycles. The molecule has 1 unspecified atom stereocenters. The number of hydrogen-bond acceptors (Lipinski definition) is 3. The second kappa shape index (κ2) is 5.33. The lowest BCUT2D eigenvalue weighted by Crippen LogP contribution is -2.08. The molecule has 0 saturated carbocycles. The average Bonchev–Trinajstić information content (AvgIpc) is 2.38. The number of nitrogens with zero attached hydrogens (tertiary/aromatic N) is 2. The van der Waals surface area contributed by atoms with Crippen LogP contribution in [0.1, 0.15) is 11.6 Å². The molecule has 4 heteroatoms. The summed E-state index contributed by atoms with van der Waals surface area (Å²) in [5.74, 6) is 0. The zero-order valence-electron chi connectivity index (χ0n) is 8.97. The Balaban J connectivity index is 2.18. The van der Waals surface area contributed by atoms with Gasteiger partial charge in [0, 0.05) is 17.4 Å². The zero-order valence-corrected chi connectivity index (χ0v) is 9.72. The fraction of sp³-hybridized carbons (Fsp3) is 0.0769. The van der Waals surface area contributed by atoms with Gasteiger partial charge in [-0.2, -0.15) is 5.26 Å². The minimum absolute atomic E-state index is 0.406. The molecule has 1 aromatic heterocycles. The molecule has 1 atom stereocenters. The van der Waals surface area contributed by atoms with Crippen LogP contribution < -0.4 is 5.32 Å². The maximum atomic E-state index is 9.14. The first kappa shape index (κ1) is 11.4. The van der Waals surface area contributed by atoms with Gasteiger partial charge in [0.1, 0.15) is 6.04 Å². The Labute approximate surface area is 105 Å². The molecule has 0 bridgehead atoms. The molecule has 0 aliphatic heterocycles. The molecular weight excluding hydrogens is 234 g/mol. The van der Waals surface area contributed by atoms with Crippen molar-refractivity contribution in [2.45, 2.75) is 6.04 Å². The molecule has 2 aromatic rings. The second-order valence-corrected chi connectivity index (χ2v) is 3.94. The SMILES string of the molecule is N#CC(Nc1cccnc1)c1ccc(Cl)cc1. The molecular formula is C13H10ClN3. The van der Waals surface area contributed by atoms with Crippen LogP contribution in [0.25, 0.3) is 0 Å². The molecule has 0 spiro atoms. The molecule has 0 fully saturated rings. The third-order valence-electron chi connectivity index (χ3n) is 2.30. The van der Waals surface area contributed by atoms with E-state index in [9.17, 15) is 0 Å². The largest absolute Gasteiger partial charge is 0.365 e. The summed E-state index contributed by atoms with van der Waals surface area (Å²) in [5.41, 5.74) is 1.69. The van der Waals surface area contributed by atoms with Gasteiger partial charge in [-0.1, -0.05) is 23.7 Å². The van der Waals surface area contributed by atoms with E-state index in [1.54, 1.807) is 24.5 Å². The van der Waals surface area contributed by atoms with Gasteiger partial charge in [-0.25, -0.2) is 0 Å². The fourth-order valence-electron chi connectivity index (χ4n) is 1.46. The monoisotopic (exact) mass is 243 g/mol. The van der Waals surface area contributed by atoms with Crippen LogP contribution in [0.5, 0.6) is 0 Å². The van der Waals surface area contributed by atoms with E-state index in [2.05, 4.69) is 16.4 Å². The Morgan fingerprint density at radius 1 is 1.24 bits per heavy atom. The molecule has 2 rings (SSSR count). The van der Waals surface area contributed by atoms with Crippen molar-refractivity contribution in [2.24, 2.45) is 0 Å². The van der Waals surface area contributed by atoms with Crippen LogP contribution in [0, 0.1) is 11.3 Å². The summed E-state index contributed by atoms with van der Waals surface area (Å²) < 4.78 is 0. The van der Waals surface area contributed by atoms with Crippen molar-refractivity contribution < 1.29 is 0 Å². The summed E-state index contributed by atoms with van der Waals surface area (Å²) in [6.07, 6.45) is 3.37. The van der Waals surface area contributed by atoms with Crippen molar-refractivity contribution >= 4 is 17.3 Å². The molecule has 3 nitrogen and oxygen atoms in total. The first-order valence-electron chi connectivity index (χ1n) is 5.11. The Kier molecular flexibility index (Phi) is 3.59. The Morgan fingerprint density at radius 3 is 2.59 bits per heavy atom. The average molecular weight is 244 g/mol.